The van der Waals surface area contributed by atoms with Crippen molar-refractivity contribution in [2.24, 2.45) is 10.9 Å². The Hall–Kier alpha value is -3.83. The third-order valence-corrected chi connectivity index (χ3v) is 4.64. The van der Waals surface area contributed by atoms with E-state index in [0.29, 0.717) is 21.4 Å². The third kappa shape index (κ3) is 9.35. The standard InChI is InChI=1S/C21H22Cl2N6O5/c22-13-5-14(23)7-16(6-13)28-18(30)8-17(9-20(32)33)29-19(31)10-25-21(34)12-2-1-3-15(4-12)26-11-27-24/h1-7,11,17H,8-10,24H2,(H,25,34)(H,26,27)(H,28,30)(H,29,31)(H,32,33). The molecule has 0 saturated heterocycles. The van der Waals surface area contributed by atoms with Crippen LogP contribution in [0.5, 0.6) is 0 Å². The Labute approximate surface area is 204 Å². The van der Waals surface area contributed by atoms with E-state index in [4.69, 9.17) is 34.2 Å². The Bertz CT molecular complexity index is 1070. The lowest BCUT2D eigenvalue weighted by Gasteiger charge is -2.17. The Morgan fingerprint density at radius 3 is 2.35 bits per heavy atom. The number of carboxylic acids is 1. The van der Waals surface area contributed by atoms with Gasteiger partial charge in [-0.25, -0.2) is 0 Å². The first kappa shape index (κ1) is 26.4. The van der Waals surface area contributed by atoms with Crippen LogP contribution in [0.15, 0.2) is 47.6 Å². The van der Waals surface area contributed by atoms with E-state index >= 15 is 0 Å². The van der Waals surface area contributed by atoms with Crippen LogP contribution in [0.1, 0.15) is 23.2 Å². The highest BCUT2D eigenvalue weighted by molar-refractivity contribution is 6.35. The molecule has 34 heavy (non-hydrogen) atoms. The zero-order valence-corrected chi connectivity index (χ0v) is 19.2. The van der Waals surface area contributed by atoms with Crippen molar-refractivity contribution >= 4 is 64.6 Å². The first-order valence-corrected chi connectivity index (χ1v) is 10.6. The summed E-state index contributed by atoms with van der Waals surface area (Å²) in [6, 6.07) is 9.78. The molecule has 2 aromatic carbocycles. The SMILES string of the molecule is NN=CNc1cccc(C(=O)NCC(=O)NC(CC(=O)O)CC(=O)Nc2cc(Cl)cc(Cl)c2)c1. The summed E-state index contributed by atoms with van der Waals surface area (Å²) in [4.78, 5) is 48.1. The van der Waals surface area contributed by atoms with Crippen LogP contribution in [0, 0.1) is 0 Å². The zero-order valence-electron chi connectivity index (χ0n) is 17.7. The van der Waals surface area contributed by atoms with E-state index in [1.165, 1.54) is 36.7 Å². The minimum absolute atomic E-state index is 0.268. The summed E-state index contributed by atoms with van der Waals surface area (Å²) in [7, 11) is 0. The summed E-state index contributed by atoms with van der Waals surface area (Å²) in [5.74, 6) is 2.05. The number of carboxylic acid groups (broad SMARTS) is 1. The maximum Gasteiger partial charge on any atom is 0.305 e. The number of nitrogens with two attached hydrogens (primary N) is 1. The normalized spacial score (nSPS) is 11.5. The maximum atomic E-state index is 12.3. The van der Waals surface area contributed by atoms with Gasteiger partial charge in [0.05, 0.1) is 13.0 Å². The van der Waals surface area contributed by atoms with Crippen molar-refractivity contribution in [1.82, 2.24) is 10.6 Å². The molecule has 0 fully saturated rings. The molecule has 0 spiro atoms. The first-order valence-electron chi connectivity index (χ1n) is 9.80. The lowest BCUT2D eigenvalue weighted by atomic mass is 10.1. The van der Waals surface area contributed by atoms with Gasteiger partial charge in [-0.05, 0) is 36.4 Å². The summed E-state index contributed by atoms with van der Waals surface area (Å²) in [5, 5.41) is 23.2. The van der Waals surface area contributed by atoms with Gasteiger partial charge < -0.3 is 32.2 Å². The number of nitrogens with zero attached hydrogens (tertiary/aromatic N) is 1. The van der Waals surface area contributed by atoms with E-state index in [1.54, 1.807) is 12.1 Å². The second kappa shape index (κ2) is 13.0. The Kier molecular flexibility index (Phi) is 10.1. The number of carbonyl (C=O) groups is 4. The number of aliphatic carboxylic acids is 1. The van der Waals surface area contributed by atoms with Gasteiger partial charge in [0.15, 0.2) is 0 Å². The van der Waals surface area contributed by atoms with E-state index in [0.717, 1.165) is 0 Å². The second-order valence-electron chi connectivity index (χ2n) is 6.96. The van der Waals surface area contributed by atoms with Crippen LogP contribution < -0.4 is 27.1 Å². The van der Waals surface area contributed by atoms with Gasteiger partial charge in [-0.2, -0.15) is 5.10 Å². The van der Waals surface area contributed by atoms with Gasteiger partial charge in [0, 0.05) is 39.4 Å². The average molecular weight is 509 g/mol. The van der Waals surface area contributed by atoms with Crippen LogP contribution in [0.25, 0.3) is 0 Å². The summed E-state index contributed by atoms with van der Waals surface area (Å²) in [6.45, 7) is -0.428. The van der Waals surface area contributed by atoms with E-state index in [2.05, 4.69) is 26.4 Å². The molecule has 0 bridgehead atoms. The minimum Gasteiger partial charge on any atom is -0.481 e. The number of nitrogens with one attached hydrogen (secondary N) is 4. The van der Waals surface area contributed by atoms with Gasteiger partial charge in [-0.1, -0.05) is 29.3 Å². The molecule has 3 amide bonds. The number of amides is 3. The lowest BCUT2D eigenvalue weighted by Crippen LogP contribution is -2.44. The quantitative estimate of drug-likeness (QED) is 0.116. The number of benzene rings is 2. The molecule has 0 aromatic heterocycles. The van der Waals surface area contributed by atoms with Crippen LogP contribution in [0.2, 0.25) is 10.0 Å². The predicted molar refractivity (Wildman–Crippen MR) is 129 cm³/mol. The van der Waals surface area contributed by atoms with Gasteiger partial charge in [-0.15, -0.1) is 0 Å². The lowest BCUT2D eigenvalue weighted by molar-refractivity contribution is -0.137. The molecule has 0 heterocycles. The molecule has 0 radical (unpaired) electrons. The molecular formula is C21H22Cl2N6O5. The van der Waals surface area contributed by atoms with E-state index < -0.39 is 42.7 Å². The number of halogens is 2. The molecule has 0 saturated carbocycles. The van der Waals surface area contributed by atoms with Crippen molar-refractivity contribution in [3.63, 3.8) is 0 Å². The van der Waals surface area contributed by atoms with E-state index in [1.807, 2.05) is 0 Å². The van der Waals surface area contributed by atoms with Crippen molar-refractivity contribution in [2.45, 2.75) is 18.9 Å². The van der Waals surface area contributed by atoms with Crippen LogP contribution in [-0.4, -0.2) is 47.7 Å². The average Bonchev–Trinajstić information content (AvgIpc) is 2.74. The molecular weight excluding hydrogens is 487 g/mol. The van der Waals surface area contributed by atoms with E-state index in [-0.39, 0.29) is 12.0 Å². The Balaban J connectivity index is 1.92. The molecule has 1 unspecified atom stereocenters. The predicted octanol–water partition coefficient (Wildman–Crippen LogP) is 2.03. The fourth-order valence-electron chi connectivity index (χ4n) is 2.85. The molecule has 180 valence electrons. The molecule has 0 aliphatic heterocycles. The number of hydrazone groups is 1. The third-order valence-electron chi connectivity index (χ3n) is 4.20. The van der Waals surface area contributed by atoms with Gasteiger partial charge in [0.1, 0.15) is 6.34 Å². The summed E-state index contributed by atoms with van der Waals surface area (Å²) in [6.07, 6.45) is 0.413. The number of anilines is 2. The number of hydrogen-bond acceptors (Lipinski definition) is 6. The molecule has 2 rings (SSSR count). The highest BCUT2D eigenvalue weighted by atomic mass is 35.5. The highest BCUT2D eigenvalue weighted by Gasteiger charge is 2.20. The van der Waals surface area contributed by atoms with Crippen molar-refractivity contribution < 1.29 is 24.3 Å². The van der Waals surface area contributed by atoms with Crippen LogP contribution in [0.3, 0.4) is 0 Å². The maximum absolute atomic E-state index is 12.3. The van der Waals surface area contributed by atoms with Crippen molar-refractivity contribution in [3.05, 3.63) is 58.1 Å². The summed E-state index contributed by atoms with van der Waals surface area (Å²) >= 11 is 11.8. The molecule has 7 N–H and O–H groups in total. The molecule has 1 atom stereocenters. The van der Waals surface area contributed by atoms with Gasteiger partial charge in [-0.3, -0.25) is 19.2 Å². The van der Waals surface area contributed by atoms with Crippen molar-refractivity contribution in [2.75, 3.05) is 17.2 Å². The number of hydrogen-bond donors (Lipinski definition) is 6. The first-order chi connectivity index (χ1) is 16.2. The van der Waals surface area contributed by atoms with Crippen LogP contribution >= 0.6 is 23.2 Å². The molecule has 2 aromatic rings. The van der Waals surface area contributed by atoms with Crippen LogP contribution in [0.4, 0.5) is 11.4 Å². The van der Waals surface area contributed by atoms with Gasteiger partial charge in [0.25, 0.3) is 5.91 Å². The molecule has 0 aliphatic rings. The monoisotopic (exact) mass is 508 g/mol. The van der Waals surface area contributed by atoms with Gasteiger partial charge in [0.2, 0.25) is 11.8 Å². The largest absolute Gasteiger partial charge is 0.481 e. The number of rotatable bonds is 11. The van der Waals surface area contributed by atoms with Crippen molar-refractivity contribution in [3.8, 4) is 0 Å². The zero-order chi connectivity index (χ0) is 25.1. The summed E-state index contributed by atoms with van der Waals surface area (Å²) in [5.41, 5.74) is 1.15. The highest BCUT2D eigenvalue weighted by Crippen LogP contribution is 2.22. The Morgan fingerprint density at radius 1 is 1.00 bits per heavy atom. The summed E-state index contributed by atoms with van der Waals surface area (Å²) < 4.78 is 0. The molecule has 0 aliphatic carbocycles. The fraction of sp³-hybridized carbons (Fsp3) is 0.190. The van der Waals surface area contributed by atoms with Crippen LogP contribution in [-0.2, 0) is 14.4 Å². The molecule has 13 heteroatoms. The minimum atomic E-state index is -1.21. The second-order valence-corrected chi connectivity index (χ2v) is 7.83. The van der Waals surface area contributed by atoms with Gasteiger partial charge >= 0.3 is 5.97 Å². The smallest absolute Gasteiger partial charge is 0.305 e. The number of carbonyl (C=O) groups excluding carboxylic acids is 3. The Morgan fingerprint density at radius 2 is 1.71 bits per heavy atom. The van der Waals surface area contributed by atoms with E-state index in [9.17, 15) is 19.2 Å². The fourth-order valence-corrected chi connectivity index (χ4v) is 3.38. The molecule has 11 nitrogen and oxygen atoms in total. The topological polar surface area (TPSA) is 175 Å². The van der Waals surface area contributed by atoms with Crippen molar-refractivity contribution in [1.29, 1.82) is 0 Å².